The van der Waals surface area contributed by atoms with E-state index < -0.39 is 0 Å². The molecule has 0 bridgehead atoms. The third-order valence-electron chi connectivity index (χ3n) is 3.80. The van der Waals surface area contributed by atoms with Gasteiger partial charge in [-0.2, -0.15) is 0 Å². The van der Waals surface area contributed by atoms with Crippen LogP contribution in [-0.2, 0) is 9.53 Å². The van der Waals surface area contributed by atoms with E-state index in [1.165, 1.54) is 0 Å². The van der Waals surface area contributed by atoms with Crippen LogP contribution in [0.4, 0.5) is 5.69 Å². The molecule has 0 radical (unpaired) electrons. The van der Waals surface area contributed by atoms with Crippen molar-refractivity contribution in [2.75, 3.05) is 18.1 Å². The summed E-state index contributed by atoms with van der Waals surface area (Å²) < 4.78 is 12.6. The summed E-state index contributed by atoms with van der Waals surface area (Å²) in [6, 6.07) is 5.91. The largest absolute Gasteiger partial charge is 0.482 e. The SMILES string of the molecule is CC1(C)CCC(CN2C(=O)COc3ccc(I)cc32)O1. The van der Waals surface area contributed by atoms with Gasteiger partial charge in [-0.25, -0.2) is 0 Å². The first-order valence-electron chi connectivity index (χ1n) is 6.85. The van der Waals surface area contributed by atoms with Crippen molar-refractivity contribution in [2.45, 2.75) is 38.4 Å². The lowest BCUT2D eigenvalue weighted by atomic mass is 10.1. The quantitative estimate of drug-likeness (QED) is 0.733. The molecular weight excluding hydrogens is 369 g/mol. The molecule has 0 aliphatic carbocycles. The van der Waals surface area contributed by atoms with E-state index in [2.05, 4.69) is 36.4 Å². The molecule has 20 heavy (non-hydrogen) atoms. The van der Waals surface area contributed by atoms with Gasteiger partial charge in [-0.15, -0.1) is 0 Å². The van der Waals surface area contributed by atoms with Gasteiger partial charge in [0, 0.05) is 3.57 Å². The van der Waals surface area contributed by atoms with Crippen LogP contribution < -0.4 is 9.64 Å². The Morgan fingerprint density at radius 2 is 2.25 bits per heavy atom. The Labute approximate surface area is 132 Å². The molecule has 5 heteroatoms. The van der Waals surface area contributed by atoms with E-state index in [0.29, 0.717) is 6.54 Å². The van der Waals surface area contributed by atoms with Crippen molar-refractivity contribution >= 4 is 34.2 Å². The minimum Gasteiger partial charge on any atom is -0.482 e. The smallest absolute Gasteiger partial charge is 0.265 e. The van der Waals surface area contributed by atoms with Crippen molar-refractivity contribution in [3.63, 3.8) is 0 Å². The fraction of sp³-hybridized carbons (Fsp3) is 0.533. The monoisotopic (exact) mass is 387 g/mol. The van der Waals surface area contributed by atoms with Gasteiger partial charge in [0.05, 0.1) is 23.9 Å². The fourth-order valence-corrected chi connectivity index (χ4v) is 3.26. The lowest BCUT2D eigenvalue weighted by Crippen LogP contribution is -2.43. The van der Waals surface area contributed by atoms with Crippen LogP contribution in [0, 0.1) is 3.57 Å². The third kappa shape index (κ3) is 2.79. The minimum atomic E-state index is -0.0755. The molecule has 1 saturated heterocycles. The van der Waals surface area contributed by atoms with E-state index in [1.807, 2.05) is 23.1 Å². The van der Waals surface area contributed by atoms with Gasteiger partial charge in [0.2, 0.25) is 0 Å². The number of anilines is 1. The molecule has 1 aromatic carbocycles. The highest BCUT2D eigenvalue weighted by Gasteiger charge is 2.35. The van der Waals surface area contributed by atoms with Crippen LogP contribution in [0.3, 0.4) is 0 Å². The van der Waals surface area contributed by atoms with Crippen molar-refractivity contribution in [1.29, 1.82) is 0 Å². The van der Waals surface area contributed by atoms with Crippen LogP contribution in [0.25, 0.3) is 0 Å². The normalized spacial score (nSPS) is 24.4. The molecule has 2 aliphatic heterocycles. The summed E-state index contributed by atoms with van der Waals surface area (Å²) in [4.78, 5) is 14.0. The Hall–Kier alpha value is -0.820. The second-order valence-corrected chi connectivity index (χ2v) is 7.19. The molecule has 2 heterocycles. The molecule has 1 atom stereocenters. The van der Waals surface area contributed by atoms with Crippen LogP contribution >= 0.6 is 22.6 Å². The Balaban J connectivity index is 1.83. The zero-order chi connectivity index (χ0) is 14.3. The summed E-state index contributed by atoms with van der Waals surface area (Å²) in [5.74, 6) is 0.787. The highest BCUT2D eigenvalue weighted by Crippen LogP contribution is 2.36. The topological polar surface area (TPSA) is 38.8 Å². The predicted molar refractivity (Wildman–Crippen MR) is 85.2 cm³/mol. The molecule has 0 saturated carbocycles. The van der Waals surface area contributed by atoms with E-state index >= 15 is 0 Å². The highest BCUT2D eigenvalue weighted by atomic mass is 127. The number of benzene rings is 1. The predicted octanol–water partition coefficient (Wildman–Crippen LogP) is 2.97. The molecule has 0 spiro atoms. The lowest BCUT2D eigenvalue weighted by molar-refractivity contribution is -0.122. The molecule has 1 fully saturated rings. The Morgan fingerprint density at radius 1 is 1.45 bits per heavy atom. The maximum Gasteiger partial charge on any atom is 0.265 e. The van der Waals surface area contributed by atoms with Gasteiger partial charge >= 0.3 is 0 Å². The molecule has 0 N–H and O–H groups in total. The number of hydrogen-bond acceptors (Lipinski definition) is 3. The third-order valence-corrected chi connectivity index (χ3v) is 4.48. The molecule has 1 amide bonds. The second kappa shape index (κ2) is 5.18. The first-order valence-corrected chi connectivity index (χ1v) is 7.93. The van der Waals surface area contributed by atoms with Gasteiger partial charge in [-0.1, -0.05) is 0 Å². The number of nitrogens with zero attached hydrogens (tertiary/aromatic N) is 1. The Morgan fingerprint density at radius 3 is 2.95 bits per heavy atom. The number of carbonyl (C=O) groups is 1. The Bertz CT molecular complexity index is 544. The summed E-state index contributed by atoms with van der Waals surface area (Å²) in [5.41, 5.74) is 0.787. The second-order valence-electron chi connectivity index (χ2n) is 5.94. The standard InChI is InChI=1S/C15H18INO3/c1-15(2)6-5-11(20-15)8-17-12-7-10(16)3-4-13(12)19-9-14(17)18/h3-4,7,11H,5-6,8-9H2,1-2H3. The van der Waals surface area contributed by atoms with Gasteiger partial charge in [0.15, 0.2) is 6.61 Å². The zero-order valence-corrected chi connectivity index (χ0v) is 13.8. The van der Waals surface area contributed by atoms with Gasteiger partial charge < -0.3 is 14.4 Å². The number of carbonyl (C=O) groups excluding carboxylic acids is 1. The lowest BCUT2D eigenvalue weighted by Gasteiger charge is -2.31. The Kier molecular flexibility index (Phi) is 3.66. The first-order chi connectivity index (χ1) is 9.44. The zero-order valence-electron chi connectivity index (χ0n) is 11.7. The van der Waals surface area contributed by atoms with Crippen LogP contribution in [-0.4, -0.2) is 30.8 Å². The summed E-state index contributed by atoms with van der Waals surface area (Å²) in [6.45, 7) is 4.93. The average molecular weight is 387 g/mol. The maximum atomic E-state index is 12.2. The van der Waals surface area contributed by atoms with Crippen molar-refractivity contribution in [2.24, 2.45) is 0 Å². The van der Waals surface area contributed by atoms with E-state index in [-0.39, 0.29) is 24.2 Å². The summed E-state index contributed by atoms with van der Waals surface area (Å²) in [7, 11) is 0. The molecule has 2 aliphatic rings. The molecule has 1 unspecified atom stereocenters. The first kappa shape index (κ1) is 14.1. The van der Waals surface area contributed by atoms with Gasteiger partial charge in [0.25, 0.3) is 5.91 Å². The van der Waals surface area contributed by atoms with E-state index in [1.54, 1.807) is 0 Å². The van der Waals surface area contributed by atoms with Crippen LogP contribution in [0.1, 0.15) is 26.7 Å². The number of ether oxygens (including phenoxy) is 2. The average Bonchev–Trinajstić information content (AvgIpc) is 2.72. The number of hydrogen-bond donors (Lipinski definition) is 0. The summed E-state index contributed by atoms with van der Waals surface area (Å²) in [5, 5.41) is 0. The van der Waals surface area contributed by atoms with E-state index in [4.69, 9.17) is 9.47 Å². The maximum absolute atomic E-state index is 12.2. The van der Waals surface area contributed by atoms with Crippen molar-refractivity contribution in [1.82, 2.24) is 0 Å². The number of fused-ring (bicyclic) bond motifs is 1. The number of amides is 1. The number of halogens is 1. The number of rotatable bonds is 2. The molecular formula is C15H18INO3. The van der Waals surface area contributed by atoms with Crippen LogP contribution in [0.15, 0.2) is 18.2 Å². The van der Waals surface area contributed by atoms with Gasteiger partial charge in [-0.05, 0) is 67.5 Å². The molecule has 1 aromatic rings. The minimum absolute atomic E-state index is 0.00723. The van der Waals surface area contributed by atoms with Gasteiger partial charge in [-0.3, -0.25) is 4.79 Å². The summed E-state index contributed by atoms with van der Waals surface area (Å²) >= 11 is 2.25. The van der Waals surface area contributed by atoms with E-state index in [9.17, 15) is 4.79 Å². The highest BCUT2D eigenvalue weighted by molar-refractivity contribution is 14.1. The molecule has 4 nitrogen and oxygen atoms in total. The van der Waals surface area contributed by atoms with Crippen molar-refractivity contribution in [3.05, 3.63) is 21.8 Å². The fourth-order valence-electron chi connectivity index (χ4n) is 2.79. The van der Waals surface area contributed by atoms with Crippen LogP contribution in [0.2, 0.25) is 0 Å². The summed E-state index contributed by atoms with van der Waals surface area (Å²) in [6.07, 6.45) is 2.14. The van der Waals surface area contributed by atoms with Crippen molar-refractivity contribution < 1.29 is 14.3 Å². The van der Waals surface area contributed by atoms with Gasteiger partial charge in [0.1, 0.15) is 5.75 Å². The molecule has 3 rings (SSSR count). The molecule has 0 aromatic heterocycles. The molecule has 108 valence electrons. The van der Waals surface area contributed by atoms with Crippen molar-refractivity contribution in [3.8, 4) is 5.75 Å². The van der Waals surface area contributed by atoms with Crippen LogP contribution in [0.5, 0.6) is 5.75 Å². The van der Waals surface area contributed by atoms with E-state index in [0.717, 1.165) is 27.8 Å².